The molecule has 0 aliphatic heterocycles. The smallest absolute Gasteiger partial charge is 0.269 e. The number of nitrogens with zero attached hydrogens (tertiary/aromatic N) is 2. The van der Waals surface area contributed by atoms with Gasteiger partial charge in [-0.2, -0.15) is 0 Å². The Labute approximate surface area is 152 Å². The minimum absolute atomic E-state index is 0.188. The van der Waals surface area contributed by atoms with Crippen molar-refractivity contribution in [1.82, 2.24) is 15.2 Å². The zero-order chi connectivity index (χ0) is 17.5. The van der Waals surface area contributed by atoms with Crippen molar-refractivity contribution in [3.63, 3.8) is 0 Å². The van der Waals surface area contributed by atoms with E-state index in [2.05, 4.69) is 20.5 Å². The first-order valence-corrected chi connectivity index (χ1v) is 8.32. The third kappa shape index (κ3) is 5.67. The summed E-state index contributed by atoms with van der Waals surface area (Å²) in [6.07, 6.45) is 2.48. The van der Waals surface area contributed by atoms with Gasteiger partial charge in [0.25, 0.3) is 5.91 Å². The number of benzene rings is 1. The second kappa shape index (κ2) is 8.87. The first kappa shape index (κ1) is 18.5. The van der Waals surface area contributed by atoms with Crippen molar-refractivity contribution < 1.29 is 4.79 Å². The van der Waals surface area contributed by atoms with Gasteiger partial charge >= 0.3 is 0 Å². The maximum absolute atomic E-state index is 12.1. The molecule has 0 saturated carbocycles. The van der Waals surface area contributed by atoms with Crippen molar-refractivity contribution in [3.8, 4) is 0 Å². The van der Waals surface area contributed by atoms with Crippen molar-refractivity contribution in [2.24, 2.45) is 0 Å². The van der Waals surface area contributed by atoms with Gasteiger partial charge < -0.3 is 15.5 Å². The number of nitrogens with one attached hydrogen (secondary N) is 2. The Hall–Kier alpha value is -1.82. The maximum Gasteiger partial charge on any atom is 0.269 e. The van der Waals surface area contributed by atoms with Gasteiger partial charge in [0.1, 0.15) is 5.69 Å². The number of anilines is 2. The van der Waals surface area contributed by atoms with Crippen LogP contribution in [0.4, 0.5) is 11.4 Å². The summed E-state index contributed by atoms with van der Waals surface area (Å²) in [5, 5.41) is 7.01. The van der Waals surface area contributed by atoms with E-state index in [1.165, 1.54) is 0 Å². The van der Waals surface area contributed by atoms with Crippen LogP contribution in [0.3, 0.4) is 0 Å². The molecular weight excluding hydrogens is 347 g/mol. The molecule has 5 nitrogen and oxygen atoms in total. The lowest BCUT2D eigenvalue weighted by Gasteiger charge is -2.11. The van der Waals surface area contributed by atoms with Gasteiger partial charge in [-0.1, -0.05) is 23.2 Å². The number of amides is 1. The Balaban J connectivity index is 1.97. The molecule has 0 atom stereocenters. The summed E-state index contributed by atoms with van der Waals surface area (Å²) < 4.78 is 0. The Morgan fingerprint density at radius 3 is 2.58 bits per heavy atom. The van der Waals surface area contributed by atoms with Gasteiger partial charge in [-0.05, 0) is 57.4 Å². The molecule has 0 fully saturated rings. The Kier molecular flexibility index (Phi) is 6.85. The minimum Gasteiger partial charge on any atom is -0.355 e. The van der Waals surface area contributed by atoms with Crippen LogP contribution in [0, 0.1) is 0 Å². The molecule has 1 heterocycles. The van der Waals surface area contributed by atoms with E-state index in [9.17, 15) is 4.79 Å². The van der Waals surface area contributed by atoms with E-state index in [0.717, 1.165) is 24.3 Å². The number of hydrogen-bond acceptors (Lipinski definition) is 4. The summed E-state index contributed by atoms with van der Waals surface area (Å²) in [5.74, 6) is -0.188. The molecule has 1 amide bonds. The summed E-state index contributed by atoms with van der Waals surface area (Å²) in [5.41, 5.74) is 1.90. The summed E-state index contributed by atoms with van der Waals surface area (Å²) in [7, 11) is 4.00. The Morgan fingerprint density at radius 1 is 1.12 bits per heavy atom. The molecule has 0 bridgehead atoms. The maximum atomic E-state index is 12.1. The average molecular weight is 367 g/mol. The van der Waals surface area contributed by atoms with E-state index in [4.69, 9.17) is 23.2 Å². The van der Waals surface area contributed by atoms with E-state index < -0.39 is 0 Å². The Morgan fingerprint density at radius 2 is 1.88 bits per heavy atom. The molecule has 128 valence electrons. The topological polar surface area (TPSA) is 57.3 Å². The number of carbonyl (C=O) groups is 1. The molecule has 0 aliphatic rings. The Bertz CT molecular complexity index is 707. The SMILES string of the molecule is CN(C)CCCNC(=O)c1cc(Nc2ccc(Cl)c(Cl)c2)ccn1. The molecule has 0 spiro atoms. The van der Waals surface area contributed by atoms with Crippen molar-refractivity contribution in [3.05, 3.63) is 52.3 Å². The number of hydrogen-bond donors (Lipinski definition) is 2. The molecule has 2 rings (SSSR count). The summed E-state index contributed by atoms with van der Waals surface area (Å²) in [6, 6.07) is 8.74. The lowest BCUT2D eigenvalue weighted by Crippen LogP contribution is -2.27. The second-order valence-corrected chi connectivity index (χ2v) is 6.41. The second-order valence-electron chi connectivity index (χ2n) is 5.60. The molecule has 0 radical (unpaired) electrons. The lowest BCUT2D eigenvalue weighted by atomic mass is 10.2. The molecule has 0 saturated heterocycles. The van der Waals surface area contributed by atoms with Crippen molar-refractivity contribution in [1.29, 1.82) is 0 Å². The fourth-order valence-corrected chi connectivity index (χ4v) is 2.36. The largest absolute Gasteiger partial charge is 0.355 e. The highest BCUT2D eigenvalue weighted by Gasteiger charge is 2.08. The molecule has 7 heteroatoms. The fraction of sp³-hybridized carbons (Fsp3) is 0.294. The molecule has 2 N–H and O–H groups in total. The van der Waals surface area contributed by atoms with Crippen LogP contribution < -0.4 is 10.6 Å². The number of aromatic nitrogens is 1. The number of rotatable bonds is 7. The van der Waals surface area contributed by atoms with Crippen LogP contribution in [0.1, 0.15) is 16.9 Å². The molecule has 24 heavy (non-hydrogen) atoms. The zero-order valence-corrected chi connectivity index (χ0v) is 15.2. The first-order chi connectivity index (χ1) is 11.5. The quantitative estimate of drug-likeness (QED) is 0.731. The third-order valence-corrected chi connectivity index (χ3v) is 4.01. The number of halogens is 2. The molecule has 0 unspecified atom stereocenters. The molecule has 1 aromatic heterocycles. The van der Waals surface area contributed by atoms with Gasteiger partial charge in [-0.15, -0.1) is 0 Å². The van der Waals surface area contributed by atoms with Crippen LogP contribution in [-0.2, 0) is 0 Å². The highest BCUT2D eigenvalue weighted by molar-refractivity contribution is 6.42. The van der Waals surface area contributed by atoms with E-state index in [1.807, 2.05) is 20.2 Å². The van der Waals surface area contributed by atoms with E-state index in [1.54, 1.807) is 30.5 Å². The number of pyridine rings is 1. The third-order valence-electron chi connectivity index (χ3n) is 3.27. The van der Waals surface area contributed by atoms with Crippen molar-refractivity contribution in [2.75, 3.05) is 32.5 Å². The van der Waals surface area contributed by atoms with Crippen molar-refractivity contribution >= 4 is 40.5 Å². The predicted octanol–water partition coefficient (Wildman–Crippen LogP) is 3.81. The zero-order valence-electron chi connectivity index (χ0n) is 13.6. The van der Waals surface area contributed by atoms with Crippen molar-refractivity contribution in [2.45, 2.75) is 6.42 Å². The molecular formula is C17H20Cl2N4O. The van der Waals surface area contributed by atoms with E-state index >= 15 is 0 Å². The molecule has 1 aromatic carbocycles. The minimum atomic E-state index is -0.188. The standard InChI is InChI=1S/C17H20Cl2N4O/c1-23(2)9-3-7-21-17(24)16-11-13(6-8-20-16)22-12-4-5-14(18)15(19)10-12/h4-6,8,10-11H,3,7,9H2,1-2H3,(H,20,22)(H,21,24). The highest BCUT2D eigenvalue weighted by Crippen LogP contribution is 2.26. The normalized spacial score (nSPS) is 10.7. The predicted molar refractivity (Wildman–Crippen MR) is 99.5 cm³/mol. The van der Waals surface area contributed by atoms with Gasteiger partial charge in [-0.3, -0.25) is 9.78 Å². The fourth-order valence-electron chi connectivity index (χ4n) is 2.06. The lowest BCUT2D eigenvalue weighted by molar-refractivity contribution is 0.0947. The van der Waals surface area contributed by atoms with Gasteiger partial charge in [0.2, 0.25) is 0 Å². The van der Waals surface area contributed by atoms with E-state index in [-0.39, 0.29) is 5.91 Å². The van der Waals surface area contributed by atoms with Crippen LogP contribution in [0.25, 0.3) is 0 Å². The van der Waals surface area contributed by atoms with Crippen LogP contribution in [0.5, 0.6) is 0 Å². The van der Waals surface area contributed by atoms with E-state index in [0.29, 0.717) is 22.3 Å². The van der Waals surface area contributed by atoms with Gasteiger partial charge in [0.15, 0.2) is 0 Å². The summed E-state index contributed by atoms with van der Waals surface area (Å²) >= 11 is 11.9. The monoisotopic (exact) mass is 366 g/mol. The van der Waals surface area contributed by atoms with Crippen LogP contribution in [-0.4, -0.2) is 43.0 Å². The van der Waals surface area contributed by atoms with Gasteiger partial charge in [0, 0.05) is 24.1 Å². The van der Waals surface area contributed by atoms with Crippen LogP contribution in [0.2, 0.25) is 10.0 Å². The summed E-state index contributed by atoms with van der Waals surface area (Å²) in [6.45, 7) is 1.54. The molecule has 0 aliphatic carbocycles. The molecule has 2 aromatic rings. The first-order valence-electron chi connectivity index (χ1n) is 7.57. The summed E-state index contributed by atoms with van der Waals surface area (Å²) in [4.78, 5) is 18.3. The number of carbonyl (C=O) groups excluding carboxylic acids is 1. The highest BCUT2D eigenvalue weighted by atomic mass is 35.5. The van der Waals surface area contributed by atoms with Gasteiger partial charge in [0.05, 0.1) is 10.0 Å². The van der Waals surface area contributed by atoms with Crippen LogP contribution >= 0.6 is 23.2 Å². The van der Waals surface area contributed by atoms with Gasteiger partial charge in [-0.25, -0.2) is 0 Å². The van der Waals surface area contributed by atoms with Crippen LogP contribution in [0.15, 0.2) is 36.5 Å². The average Bonchev–Trinajstić information content (AvgIpc) is 2.55.